The standard InChI is InChI=1S/C18H22O5S/c1-18(2,3)13-6-8-14(9-7-13)23-24(19,20)17-12-15(21-4)10-11-16(17)22-5/h6-12H,1-5H3. The molecule has 0 amide bonds. The topological polar surface area (TPSA) is 61.8 Å². The lowest BCUT2D eigenvalue weighted by atomic mass is 9.87. The molecule has 0 unspecified atom stereocenters. The third-order valence-corrected chi connectivity index (χ3v) is 4.84. The lowest BCUT2D eigenvalue weighted by molar-refractivity contribution is 0.388. The van der Waals surface area contributed by atoms with Crippen LogP contribution in [0, 0.1) is 0 Å². The zero-order chi connectivity index (χ0) is 18.0. The summed E-state index contributed by atoms with van der Waals surface area (Å²) in [5, 5.41) is 0. The van der Waals surface area contributed by atoms with Crippen LogP contribution in [0.2, 0.25) is 0 Å². The molecule has 2 aromatic rings. The van der Waals surface area contributed by atoms with Gasteiger partial charge in [-0.05, 0) is 35.2 Å². The fourth-order valence-electron chi connectivity index (χ4n) is 2.16. The van der Waals surface area contributed by atoms with Crippen molar-refractivity contribution in [3.63, 3.8) is 0 Å². The molecule has 5 nitrogen and oxygen atoms in total. The summed E-state index contributed by atoms with van der Waals surface area (Å²) in [6, 6.07) is 11.5. The molecule has 0 N–H and O–H groups in total. The minimum Gasteiger partial charge on any atom is -0.497 e. The van der Waals surface area contributed by atoms with Crippen LogP contribution >= 0.6 is 0 Å². The van der Waals surface area contributed by atoms with Crippen LogP contribution in [0.5, 0.6) is 17.2 Å². The Morgan fingerprint density at radius 2 is 1.42 bits per heavy atom. The number of ether oxygens (including phenoxy) is 2. The van der Waals surface area contributed by atoms with Gasteiger partial charge < -0.3 is 13.7 Å². The first-order chi connectivity index (χ1) is 11.2. The van der Waals surface area contributed by atoms with Gasteiger partial charge in [0.2, 0.25) is 0 Å². The molecule has 0 bridgehead atoms. The molecule has 6 heteroatoms. The Labute approximate surface area is 143 Å². The van der Waals surface area contributed by atoms with E-state index < -0.39 is 10.1 Å². The Morgan fingerprint density at radius 1 is 0.833 bits per heavy atom. The number of hydrogen-bond acceptors (Lipinski definition) is 5. The summed E-state index contributed by atoms with van der Waals surface area (Å²) in [5.41, 5.74) is 1.07. The zero-order valence-corrected chi connectivity index (χ0v) is 15.3. The largest absolute Gasteiger partial charge is 0.497 e. The summed E-state index contributed by atoms with van der Waals surface area (Å²) in [4.78, 5) is -0.0794. The van der Waals surface area contributed by atoms with Gasteiger partial charge in [0.15, 0.2) is 4.90 Å². The van der Waals surface area contributed by atoms with Crippen LogP contribution in [-0.2, 0) is 15.5 Å². The molecule has 130 valence electrons. The van der Waals surface area contributed by atoms with Crippen LogP contribution in [0.3, 0.4) is 0 Å². The van der Waals surface area contributed by atoms with E-state index in [9.17, 15) is 8.42 Å². The Kier molecular flexibility index (Phi) is 5.08. The van der Waals surface area contributed by atoms with E-state index in [1.54, 1.807) is 18.2 Å². The Morgan fingerprint density at radius 3 is 1.92 bits per heavy atom. The third-order valence-electron chi connectivity index (χ3n) is 3.57. The quantitative estimate of drug-likeness (QED) is 0.768. The van der Waals surface area contributed by atoms with E-state index in [0.717, 1.165) is 5.56 Å². The van der Waals surface area contributed by atoms with Crippen molar-refractivity contribution >= 4 is 10.1 Å². The molecule has 0 aromatic heterocycles. The predicted molar refractivity (Wildman–Crippen MR) is 92.5 cm³/mol. The summed E-state index contributed by atoms with van der Waals surface area (Å²) >= 11 is 0. The van der Waals surface area contributed by atoms with Gasteiger partial charge in [0.05, 0.1) is 14.2 Å². The first kappa shape index (κ1) is 18.1. The smallest absolute Gasteiger partial charge is 0.343 e. The van der Waals surface area contributed by atoms with Gasteiger partial charge in [-0.15, -0.1) is 0 Å². The van der Waals surface area contributed by atoms with Gasteiger partial charge in [-0.1, -0.05) is 32.9 Å². The minimum absolute atomic E-state index is 0.0204. The molecule has 0 heterocycles. The Hall–Kier alpha value is -2.21. The maximum absolute atomic E-state index is 12.6. The average molecular weight is 350 g/mol. The van der Waals surface area contributed by atoms with E-state index in [2.05, 4.69) is 20.8 Å². The van der Waals surface area contributed by atoms with Crippen LogP contribution in [0.4, 0.5) is 0 Å². The fourth-order valence-corrected chi connectivity index (χ4v) is 3.27. The molecule has 0 atom stereocenters. The summed E-state index contributed by atoms with van der Waals surface area (Å²) < 4.78 is 40.6. The lowest BCUT2D eigenvalue weighted by Gasteiger charge is -2.19. The summed E-state index contributed by atoms with van der Waals surface area (Å²) in [7, 11) is -1.18. The van der Waals surface area contributed by atoms with Gasteiger partial charge in [0, 0.05) is 6.07 Å². The Bertz CT molecular complexity index is 802. The van der Waals surface area contributed by atoms with Crippen molar-refractivity contribution in [3.8, 4) is 17.2 Å². The van der Waals surface area contributed by atoms with Crippen molar-refractivity contribution in [2.24, 2.45) is 0 Å². The van der Waals surface area contributed by atoms with Crippen LogP contribution in [0.1, 0.15) is 26.3 Å². The molecule has 0 fully saturated rings. The van der Waals surface area contributed by atoms with Crippen LogP contribution < -0.4 is 13.7 Å². The second-order valence-electron chi connectivity index (χ2n) is 6.33. The molecular formula is C18H22O5S. The molecular weight excluding hydrogens is 328 g/mol. The van der Waals surface area contributed by atoms with Crippen molar-refractivity contribution in [3.05, 3.63) is 48.0 Å². The maximum Gasteiger partial charge on any atom is 0.343 e. The Balaban J connectivity index is 2.35. The van der Waals surface area contributed by atoms with Gasteiger partial charge in [-0.3, -0.25) is 0 Å². The SMILES string of the molecule is COc1ccc(OC)c(S(=O)(=O)Oc2ccc(C(C)(C)C)cc2)c1. The van der Waals surface area contributed by atoms with Gasteiger partial charge in [0.25, 0.3) is 0 Å². The minimum atomic E-state index is -4.04. The van der Waals surface area contributed by atoms with E-state index in [1.807, 2.05) is 12.1 Å². The highest BCUT2D eigenvalue weighted by Crippen LogP contribution is 2.31. The maximum atomic E-state index is 12.6. The van der Waals surface area contributed by atoms with Gasteiger partial charge >= 0.3 is 10.1 Å². The molecule has 0 saturated carbocycles. The normalized spacial score (nSPS) is 11.9. The number of methoxy groups -OCH3 is 2. The molecule has 0 radical (unpaired) electrons. The van der Waals surface area contributed by atoms with Crippen LogP contribution in [0.15, 0.2) is 47.4 Å². The molecule has 0 aliphatic rings. The van der Waals surface area contributed by atoms with Gasteiger partial charge in [-0.2, -0.15) is 8.42 Å². The monoisotopic (exact) mass is 350 g/mol. The predicted octanol–water partition coefficient (Wildman–Crippen LogP) is 3.77. The van der Waals surface area contributed by atoms with Crippen molar-refractivity contribution < 1.29 is 22.1 Å². The van der Waals surface area contributed by atoms with Crippen molar-refractivity contribution in [2.75, 3.05) is 14.2 Å². The number of benzene rings is 2. The highest BCUT2D eigenvalue weighted by atomic mass is 32.2. The van der Waals surface area contributed by atoms with Crippen LogP contribution in [-0.4, -0.2) is 22.6 Å². The van der Waals surface area contributed by atoms with E-state index >= 15 is 0 Å². The third kappa shape index (κ3) is 4.00. The first-order valence-corrected chi connectivity index (χ1v) is 8.85. The van der Waals surface area contributed by atoms with Gasteiger partial charge in [0.1, 0.15) is 17.2 Å². The fraction of sp³-hybridized carbons (Fsp3) is 0.333. The molecule has 0 aliphatic carbocycles. The second-order valence-corrected chi connectivity index (χ2v) is 7.84. The zero-order valence-electron chi connectivity index (χ0n) is 14.5. The number of hydrogen-bond donors (Lipinski definition) is 0. The van der Waals surface area contributed by atoms with E-state index in [-0.39, 0.29) is 21.8 Å². The molecule has 2 aromatic carbocycles. The highest BCUT2D eigenvalue weighted by molar-refractivity contribution is 7.87. The van der Waals surface area contributed by atoms with E-state index in [0.29, 0.717) is 5.75 Å². The molecule has 24 heavy (non-hydrogen) atoms. The van der Waals surface area contributed by atoms with Crippen molar-refractivity contribution in [1.82, 2.24) is 0 Å². The molecule has 0 saturated heterocycles. The highest BCUT2D eigenvalue weighted by Gasteiger charge is 2.23. The van der Waals surface area contributed by atoms with E-state index in [1.165, 1.54) is 26.4 Å². The summed E-state index contributed by atoms with van der Waals surface area (Å²) in [6.07, 6.45) is 0. The average Bonchev–Trinajstić information content (AvgIpc) is 2.53. The first-order valence-electron chi connectivity index (χ1n) is 7.44. The van der Waals surface area contributed by atoms with E-state index in [4.69, 9.17) is 13.7 Å². The second kappa shape index (κ2) is 6.73. The molecule has 0 spiro atoms. The van der Waals surface area contributed by atoms with Crippen molar-refractivity contribution in [2.45, 2.75) is 31.1 Å². The van der Waals surface area contributed by atoms with Crippen molar-refractivity contribution in [1.29, 1.82) is 0 Å². The van der Waals surface area contributed by atoms with Gasteiger partial charge in [-0.25, -0.2) is 0 Å². The lowest BCUT2D eigenvalue weighted by Crippen LogP contribution is -2.13. The number of rotatable bonds is 5. The van der Waals surface area contributed by atoms with Crippen LogP contribution in [0.25, 0.3) is 0 Å². The molecule has 0 aliphatic heterocycles. The summed E-state index contributed by atoms with van der Waals surface area (Å²) in [5.74, 6) is 0.844. The summed E-state index contributed by atoms with van der Waals surface area (Å²) in [6.45, 7) is 6.25. The molecule has 2 rings (SSSR count).